The van der Waals surface area contributed by atoms with E-state index in [4.69, 9.17) is 17.0 Å². The van der Waals surface area contributed by atoms with E-state index in [2.05, 4.69) is 15.3 Å². The Bertz CT molecular complexity index is 765. The third kappa shape index (κ3) is 3.37. The number of nitro benzene ring substituents is 1. The van der Waals surface area contributed by atoms with E-state index in [0.717, 1.165) is 12.8 Å². The van der Waals surface area contributed by atoms with Gasteiger partial charge in [0.05, 0.1) is 18.2 Å². The molecule has 1 aromatic carbocycles. The number of nitrogens with zero attached hydrogens (tertiary/aromatic N) is 4. The Kier molecular flexibility index (Phi) is 4.99. The maximum atomic E-state index is 11.0. The number of hydrogen-bond acceptors (Lipinski definition) is 6. The van der Waals surface area contributed by atoms with E-state index >= 15 is 0 Å². The van der Waals surface area contributed by atoms with Gasteiger partial charge in [0, 0.05) is 18.1 Å². The summed E-state index contributed by atoms with van der Waals surface area (Å²) in [6.07, 6.45) is 3.13. The van der Waals surface area contributed by atoms with Gasteiger partial charge in [-0.25, -0.2) is 0 Å². The van der Waals surface area contributed by atoms with E-state index in [0.29, 0.717) is 16.2 Å². The second-order valence-electron chi connectivity index (χ2n) is 4.44. The number of ether oxygens (including phenoxy) is 1. The van der Waals surface area contributed by atoms with E-state index in [-0.39, 0.29) is 11.4 Å². The van der Waals surface area contributed by atoms with Gasteiger partial charge in [0.15, 0.2) is 11.6 Å². The third-order valence-electron chi connectivity index (χ3n) is 2.91. The molecular weight excluding hydrogens is 306 g/mol. The lowest BCUT2D eigenvalue weighted by atomic mass is 10.2. The molecule has 0 aliphatic carbocycles. The Morgan fingerprint density at radius 2 is 2.36 bits per heavy atom. The molecule has 0 spiro atoms. The fourth-order valence-electron chi connectivity index (χ4n) is 1.88. The lowest BCUT2D eigenvalue weighted by Gasteiger charge is -2.02. The molecular formula is C13H15N5O3S. The first kappa shape index (κ1) is 15.8. The Labute approximate surface area is 131 Å². The third-order valence-corrected chi connectivity index (χ3v) is 3.18. The molecule has 9 heteroatoms. The number of aromatic nitrogens is 3. The van der Waals surface area contributed by atoms with Gasteiger partial charge in [-0.2, -0.15) is 14.9 Å². The van der Waals surface area contributed by atoms with Gasteiger partial charge >= 0.3 is 5.69 Å². The predicted octanol–water partition coefficient (Wildman–Crippen LogP) is 2.69. The zero-order valence-corrected chi connectivity index (χ0v) is 13.0. The van der Waals surface area contributed by atoms with Gasteiger partial charge in [0.25, 0.3) is 0 Å². The van der Waals surface area contributed by atoms with Crippen LogP contribution in [0.5, 0.6) is 5.75 Å². The number of aromatic amines is 1. The van der Waals surface area contributed by atoms with Crippen molar-refractivity contribution >= 4 is 24.1 Å². The molecule has 0 unspecified atom stereocenters. The molecule has 0 fully saturated rings. The van der Waals surface area contributed by atoms with Crippen molar-refractivity contribution in [2.75, 3.05) is 7.11 Å². The van der Waals surface area contributed by atoms with Gasteiger partial charge in [-0.3, -0.25) is 15.2 Å². The average molecular weight is 321 g/mol. The first-order valence-corrected chi connectivity index (χ1v) is 7.00. The summed E-state index contributed by atoms with van der Waals surface area (Å²) in [5.74, 6) is 0.917. The lowest BCUT2D eigenvalue weighted by Crippen LogP contribution is -1.99. The van der Waals surface area contributed by atoms with Gasteiger partial charge in [0.1, 0.15) is 0 Å². The molecule has 0 radical (unpaired) electrons. The fraction of sp³-hybridized carbons (Fsp3) is 0.308. The van der Waals surface area contributed by atoms with Crippen molar-refractivity contribution in [3.8, 4) is 5.75 Å². The Balaban J connectivity index is 2.35. The summed E-state index contributed by atoms with van der Waals surface area (Å²) >= 11 is 5.11. The van der Waals surface area contributed by atoms with Crippen LogP contribution in [0.15, 0.2) is 23.3 Å². The maximum Gasteiger partial charge on any atom is 0.311 e. The van der Waals surface area contributed by atoms with Crippen molar-refractivity contribution in [2.24, 2.45) is 5.10 Å². The second kappa shape index (κ2) is 6.94. The SMILES string of the molecule is CCCc1n[nH]c(=S)n1/N=C\c1ccc(OC)c([N+](=O)[O-])c1. The van der Waals surface area contributed by atoms with Crippen LogP contribution >= 0.6 is 12.2 Å². The number of methoxy groups -OCH3 is 1. The van der Waals surface area contributed by atoms with Crippen LogP contribution in [0.25, 0.3) is 0 Å². The van der Waals surface area contributed by atoms with Crippen molar-refractivity contribution in [1.29, 1.82) is 0 Å². The topological polar surface area (TPSA) is 98.3 Å². The fourth-order valence-corrected chi connectivity index (χ4v) is 2.08. The lowest BCUT2D eigenvalue weighted by molar-refractivity contribution is -0.385. The summed E-state index contributed by atoms with van der Waals surface area (Å²) in [5.41, 5.74) is 0.453. The predicted molar refractivity (Wildman–Crippen MR) is 84.0 cm³/mol. The molecule has 0 saturated heterocycles. The number of aryl methyl sites for hydroxylation is 1. The zero-order chi connectivity index (χ0) is 16.1. The van der Waals surface area contributed by atoms with Crippen LogP contribution in [0.1, 0.15) is 24.7 Å². The van der Waals surface area contributed by atoms with Crippen LogP contribution in [-0.2, 0) is 6.42 Å². The largest absolute Gasteiger partial charge is 0.490 e. The number of hydrogen-bond donors (Lipinski definition) is 1. The van der Waals surface area contributed by atoms with Crippen LogP contribution in [0.2, 0.25) is 0 Å². The number of nitrogens with one attached hydrogen (secondary N) is 1. The highest BCUT2D eigenvalue weighted by atomic mass is 32.1. The molecule has 0 aliphatic heterocycles. The Morgan fingerprint density at radius 1 is 1.59 bits per heavy atom. The van der Waals surface area contributed by atoms with Gasteiger partial charge in [-0.05, 0) is 30.8 Å². The monoisotopic (exact) mass is 321 g/mol. The van der Waals surface area contributed by atoms with Crippen LogP contribution in [-0.4, -0.2) is 33.1 Å². The molecule has 22 heavy (non-hydrogen) atoms. The second-order valence-corrected chi connectivity index (χ2v) is 4.83. The summed E-state index contributed by atoms with van der Waals surface area (Å²) in [6, 6.07) is 4.60. The van der Waals surface area contributed by atoms with Gasteiger partial charge < -0.3 is 4.74 Å². The van der Waals surface area contributed by atoms with E-state index in [1.807, 2.05) is 6.92 Å². The van der Waals surface area contributed by atoms with Crippen LogP contribution in [0.4, 0.5) is 5.69 Å². The molecule has 1 aromatic heterocycles. The summed E-state index contributed by atoms with van der Waals surface area (Å²) < 4.78 is 6.85. The molecule has 8 nitrogen and oxygen atoms in total. The van der Waals surface area contributed by atoms with Crippen molar-refractivity contribution in [3.05, 3.63) is 44.5 Å². The van der Waals surface area contributed by atoms with E-state index in [1.165, 1.54) is 30.1 Å². The highest BCUT2D eigenvalue weighted by Crippen LogP contribution is 2.26. The zero-order valence-electron chi connectivity index (χ0n) is 12.1. The molecule has 1 N–H and O–H groups in total. The quantitative estimate of drug-likeness (QED) is 0.382. The molecule has 0 atom stereocenters. The molecule has 0 aliphatic rings. The minimum atomic E-state index is -0.498. The molecule has 2 aromatic rings. The average Bonchev–Trinajstić information content (AvgIpc) is 2.85. The summed E-state index contributed by atoms with van der Waals surface area (Å²) in [7, 11) is 1.39. The van der Waals surface area contributed by atoms with Gasteiger partial charge in [-0.1, -0.05) is 6.92 Å². The number of rotatable bonds is 6. The van der Waals surface area contributed by atoms with E-state index < -0.39 is 4.92 Å². The van der Waals surface area contributed by atoms with Crippen LogP contribution < -0.4 is 4.74 Å². The molecule has 1 heterocycles. The molecule has 0 saturated carbocycles. The number of H-pyrrole nitrogens is 1. The Morgan fingerprint density at radius 3 is 3.00 bits per heavy atom. The molecule has 2 rings (SSSR count). The van der Waals surface area contributed by atoms with Crippen molar-refractivity contribution in [2.45, 2.75) is 19.8 Å². The molecule has 0 bridgehead atoms. The van der Waals surface area contributed by atoms with Gasteiger partial charge in [0.2, 0.25) is 4.77 Å². The highest BCUT2D eigenvalue weighted by molar-refractivity contribution is 7.71. The maximum absolute atomic E-state index is 11.0. The van der Waals surface area contributed by atoms with Crippen LogP contribution in [0.3, 0.4) is 0 Å². The first-order valence-electron chi connectivity index (χ1n) is 6.60. The highest BCUT2D eigenvalue weighted by Gasteiger charge is 2.14. The smallest absolute Gasteiger partial charge is 0.311 e. The van der Waals surface area contributed by atoms with Gasteiger partial charge in [-0.15, -0.1) is 0 Å². The molecule has 0 amide bonds. The summed E-state index contributed by atoms with van der Waals surface area (Å²) in [4.78, 5) is 10.5. The van der Waals surface area contributed by atoms with E-state index in [9.17, 15) is 10.1 Å². The minimum Gasteiger partial charge on any atom is -0.490 e. The first-order chi connectivity index (χ1) is 10.6. The summed E-state index contributed by atoms with van der Waals surface area (Å²) in [5, 5.41) is 22.0. The minimum absolute atomic E-state index is 0.115. The van der Waals surface area contributed by atoms with Crippen molar-refractivity contribution in [3.63, 3.8) is 0 Å². The number of benzene rings is 1. The molecule has 116 valence electrons. The van der Waals surface area contributed by atoms with E-state index in [1.54, 1.807) is 6.07 Å². The van der Waals surface area contributed by atoms with Crippen molar-refractivity contribution in [1.82, 2.24) is 14.9 Å². The Hall–Kier alpha value is -2.55. The van der Waals surface area contributed by atoms with Crippen molar-refractivity contribution < 1.29 is 9.66 Å². The normalized spacial score (nSPS) is 11.0. The standard InChI is InChI=1S/C13H15N5O3S/c1-3-4-12-15-16-13(22)17(12)14-8-9-5-6-11(21-2)10(7-9)18(19)20/h5-8H,3-4H2,1-2H3,(H,16,22)/b14-8-. The summed E-state index contributed by atoms with van der Waals surface area (Å²) in [6.45, 7) is 2.03. The number of nitro groups is 1. The van der Waals surface area contributed by atoms with Crippen LogP contribution in [0, 0.1) is 14.9 Å².